The molecule has 1 aliphatic carbocycles. The molecule has 0 bridgehead atoms. The number of hydrogen-bond acceptors (Lipinski definition) is 8. The second-order valence-electron chi connectivity index (χ2n) is 12.4. The van der Waals surface area contributed by atoms with Crippen molar-refractivity contribution in [2.24, 2.45) is 5.92 Å². The van der Waals surface area contributed by atoms with Gasteiger partial charge in [0.2, 0.25) is 5.91 Å². The number of ether oxygens (including phenoxy) is 2. The molecule has 2 N–H and O–H groups in total. The van der Waals surface area contributed by atoms with Gasteiger partial charge in [-0.05, 0) is 82.9 Å². The van der Waals surface area contributed by atoms with E-state index in [0.717, 1.165) is 52.4 Å². The minimum Gasteiger partial charge on any atom is -0.507 e. The average molecular weight is 617 g/mol. The van der Waals surface area contributed by atoms with Crippen molar-refractivity contribution < 1.29 is 24.2 Å². The lowest BCUT2D eigenvalue weighted by molar-refractivity contribution is -0.122. The van der Waals surface area contributed by atoms with Crippen LogP contribution in [0.3, 0.4) is 0 Å². The number of carbonyl (C=O) groups is 2. The minimum absolute atomic E-state index is 0.0653. The van der Waals surface area contributed by atoms with Gasteiger partial charge in [-0.1, -0.05) is 37.1 Å². The van der Waals surface area contributed by atoms with Crippen LogP contribution in [0.25, 0.3) is 10.9 Å². The first kappa shape index (κ1) is 33.7. The quantitative estimate of drug-likeness (QED) is 0.201. The van der Waals surface area contributed by atoms with Gasteiger partial charge in [0, 0.05) is 43.1 Å². The second kappa shape index (κ2) is 15.2. The van der Waals surface area contributed by atoms with Crippen LogP contribution in [0.5, 0.6) is 11.5 Å². The van der Waals surface area contributed by atoms with Crippen molar-refractivity contribution in [3.8, 4) is 11.5 Å². The Balaban J connectivity index is 0.000000273. The van der Waals surface area contributed by atoms with Gasteiger partial charge in [0.15, 0.2) is 0 Å². The van der Waals surface area contributed by atoms with Gasteiger partial charge in [-0.2, -0.15) is 0 Å². The van der Waals surface area contributed by atoms with Crippen molar-refractivity contribution in [3.63, 3.8) is 0 Å². The van der Waals surface area contributed by atoms with Gasteiger partial charge < -0.3 is 24.8 Å². The summed E-state index contributed by atoms with van der Waals surface area (Å²) in [6.07, 6.45) is 9.33. The normalized spacial score (nSPS) is 17.7. The van der Waals surface area contributed by atoms with E-state index in [4.69, 9.17) is 9.47 Å². The number of nitrogens with one attached hydrogen (secondary N) is 1. The lowest BCUT2D eigenvalue weighted by Gasteiger charge is -2.28. The summed E-state index contributed by atoms with van der Waals surface area (Å²) in [7, 11) is 5.55. The number of allylic oxidation sites excluding steroid dienone is 2. The summed E-state index contributed by atoms with van der Waals surface area (Å²) in [5.41, 5.74) is 4.40. The molecule has 1 aromatic heterocycles. The monoisotopic (exact) mass is 616 g/mol. The summed E-state index contributed by atoms with van der Waals surface area (Å²) in [4.78, 5) is 35.2. The molecule has 2 aromatic carbocycles. The number of amides is 1. The van der Waals surface area contributed by atoms with Crippen molar-refractivity contribution >= 4 is 28.6 Å². The van der Waals surface area contributed by atoms with E-state index in [1.54, 1.807) is 7.11 Å². The van der Waals surface area contributed by atoms with Crippen molar-refractivity contribution in [3.05, 3.63) is 64.0 Å². The highest BCUT2D eigenvalue weighted by atomic mass is 16.5. The topological polar surface area (TPSA) is 114 Å². The molecule has 9 heteroatoms. The summed E-state index contributed by atoms with van der Waals surface area (Å²) >= 11 is 0. The average Bonchev–Trinajstić information content (AvgIpc) is 3.43. The third kappa shape index (κ3) is 8.12. The predicted molar refractivity (Wildman–Crippen MR) is 178 cm³/mol. The zero-order valence-corrected chi connectivity index (χ0v) is 27.8. The maximum absolute atomic E-state index is 12.4. The van der Waals surface area contributed by atoms with Crippen LogP contribution in [0.1, 0.15) is 91.7 Å². The summed E-state index contributed by atoms with van der Waals surface area (Å²) in [6, 6.07) is 8.37. The third-order valence-corrected chi connectivity index (χ3v) is 8.96. The van der Waals surface area contributed by atoms with Gasteiger partial charge in [-0.25, -0.2) is 14.8 Å². The molecule has 1 amide bonds. The van der Waals surface area contributed by atoms with E-state index in [-0.39, 0.29) is 23.8 Å². The van der Waals surface area contributed by atoms with E-state index in [1.807, 2.05) is 70.1 Å². The highest BCUT2D eigenvalue weighted by Crippen LogP contribution is 2.42. The number of benzene rings is 2. The summed E-state index contributed by atoms with van der Waals surface area (Å²) in [6.45, 7) is 8.17. The van der Waals surface area contributed by atoms with E-state index in [2.05, 4.69) is 22.2 Å². The Morgan fingerprint density at radius 2 is 1.84 bits per heavy atom. The molecule has 242 valence electrons. The molecular formula is C36H48N4O5. The highest BCUT2D eigenvalue weighted by Gasteiger charge is 2.32. The Kier molecular flexibility index (Phi) is 11.4. The fourth-order valence-electron chi connectivity index (χ4n) is 6.25. The van der Waals surface area contributed by atoms with Crippen LogP contribution in [-0.2, 0) is 22.6 Å². The minimum atomic E-state index is -0.496. The number of phenolic OH excluding ortho intramolecular Hbond substituents is 1. The summed E-state index contributed by atoms with van der Waals surface area (Å²) < 4.78 is 10.6. The van der Waals surface area contributed by atoms with Gasteiger partial charge in [-0.15, -0.1) is 0 Å². The molecule has 0 saturated heterocycles. The third-order valence-electron chi connectivity index (χ3n) is 8.96. The number of fused-ring (bicyclic) bond motifs is 2. The zero-order chi connectivity index (χ0) is 32.7. The van der Waals surface area contributed by atoms with E-state index in [9.17, 15) is 14.7 Å². The molecule has 0 radical (unpaired) electrons. The number of rotatable bonds is 9. The predicted octanol–water partition coefficient (Wildman–Crippen LogP) is 6.74. The Labute approximate surface area is 267 Å². The van der Waals surface area contributed by atoms with E-state index in [1.165, 1.54) is 19.3 Å². The number of cyclic esters (lactones) is 1. The van der Waals surface area contributed by atoms with Crippen molar-refractivity contribution in [1.82, 2.24) is 15.3 Å². The van der Waals surface area contributed by atoms with Gasteiger partial charge in [-0.3, -0.25) is 4.79 Å². The van der Waals surface area contributed by atoms with Crippen molar-refractivity contribution in [2.75, 3.05) is 26.1 Å². The molecule has 5 rings (SSSR count). The number of aryl methyl sites for hydroxylation is 1. The molecule has 1 fully saturated rings. The summed E-state index contributed by atoms with van der Waals surface area (Å²) in [5, 5.41) is 15.0. The van der Waals surface area contributed by atoms with Gasteiger partial charge in [0.05, 0.1) is 12.6 Å². The molecule has 45 heavy (non-hydrogen) atoms. The molecule has 0 atom stereocenters. The van der Waals surface area contributed by atoms with Crippen LogP contribution < -0.4 is 15.0 Å². The smallest absolute Gasteiger partial charge is 0.342 e. The number of aromatic nitrogens is 2. The number of esters is 1. The highest BCUT2D eigenvalue weighted by molar-refractivity contribution is 5.98. The van der Waals surface area contributed by atoms with E-state index >= 15 is 0 Å². The fourth-order valence-corrected chi connectivity index (χ4v) is 6.25. The fraction of sp³-hybridized carbons (Fsp3) is 0.500. The number of phenols is 1. The summed E-state index contributed by atoms with van der Waals surface area (Å²) in [5.74, 6) is 2.73. The Bertz CT molecular complexity index is 1560. The van der Waals surface area contributed by atoms with Gasteiger partial charge in [0.1, 0.15) is 35.3 Å². The van der Waals surface area contributed by atoms with E-state index < -0.39 is 5.97 Å². The van der Waals surface area contributed by atoms with Crippen molar-refractivity contribution in [1.29, 1.82) is 0 Å². The van der Waals surface area contributed by atoms with Crippen molar-refractivity contribution in [2.45, 2.75) is 91.7 Å². The number of methoxy groups -OCH3 is 1. The first-order chi connectivity index (χ1) is 21.5. The number of para-hydroxylation sites is 1. The Morgan fingerprint density at radius 1 is 1.13 bits per heavy atom. The zero-order valence-electron chi connectivity index (χ0n) is 27.8. The molecule has 0 spiro atoms. The lowest BCUT2D eigenvalue weighted by atomic mass is 9.84. The van der Waals surface area contributed by atoms with Crippen LogP contribution in [0.15, 0.2) is 35.9 Å². The molecule has 0 unspecified atom stereocenters. The maximum atomic E-state index is 12.4. The SMILES string of the molecule is CCC1CCC(NC(=O)CC/C(C)=C/Cc2c(O)c3c(c(C)c2OC)COC3=O)CC1.Cc1nc(N(C)C)c2ccccc2n1. The number of aromatic hydroxyl groups is 1. The first-order valence-corrected chi connectivity index (χ1v) is 16.0. The van der Waals surface area contributed by atoms with Crippen LogP contribution in [-0.4, -0.2) is 54.2 Å². The van der Waals surface area contributed by atoms with Crippen LogP contribution >= 0.6 is 0 Å². The number of hydrogen-bond donors (Lipinski definition) is 2. The van der Waals surface area contributed by atoms with Gasteiger partial charge in [0.25, 0.3) is 0 Å². The lowest BCUT2D eigenvalue weighted by Crippen LogP contribution is -2.37. The molecular weight excluding hydrogens is 568 g/mol. The Hall–Kier alpha value is -4.14. The largest absolute Gasteiger partial charge is 0.507 e. The standard InChI is InChI=1S/C25H35NO5.C11H13N3/c1-5-17-8-10-18(11-9-17)26-21(27)13-7-15(2)6-12-19-23(28)22-20(14-31-25(22)29)16(3)24(19)30-4;1-8-12-10-7-5-4-6-9(10)11(13-8)14(2)3/h6,17-18,28H,5,7-14H2,1-4H3,(H,26,27);4-7H,1-3H3/b15-6+;. The number of carbonyl (C=O) groups excluding carboxylic acids is 2. The molecule has 1 saturated carbocycles. The van der Waals surface area contributed by atoms with Gasteiger partial charge >= 0.3 is 5.97 Å². The first-order valence-electron chi connectivity index (χ1n) is 16.0. The molecule has 1 aliphatic heterocycles. The Morgan fingerprint density at radius 3 is 2.51 bits per heavy atom. The second-order valence-corrected chi connectivity index (χ2v) is 12.4. The van der Waals surface area contributed by atoms with E-state index in [0.29, 0.717) is 42.2 Å². The molecule has 9 nitrogen and oxygen atoms in total. The number of anilines is 1. The maximum Gasteiger partial charge on any atom is 0.342 e. The number of nitrogens with zero attached hydrogens (tertiary/aromatic N) is 3. The molecule has 3 aromatic rings. The van der Waals surface area contributed by atoms with Crippen LogP contribution in [0.4, 0.5) is 5.82 Å². The van der Waals surface area contributed by atoms with Crippen LogP contribution in [0, 0.1) is 19.8 Å². The van der Waals surface area contributed by atoms with Crippen LogP contribution in [0.2, 0.25) is 0 Å². The molecule has 2 heterocycles. The molecule has 2 aliphatic rings.